The number of allylic oxidation sites excluding steroid dienone is 8. The van der Waals surface area contributed by atoms with Gasteiger partial charge in [0.25, 0.3) is 7.82 Å². The summed E-state index contributed by atoms with van der Waals surface area (Å²) in [6.07, 6.45) is 42.8. The highest BCUT2D eigenvalue weighted by molar-refractivity contribution is 7.45. The van der Waals surface area contributed by atoms with Crippen LogP contribution in [0.3, 0.4) is 0 Å². The van der Waals surface area contributed by atoms with Gasteiger partial charge in [-0.15, -0.1) is 0 Å². The molecule has 1 unspecified atom stereocenters. The van der Waals surface area contributed by atoms with Gasteiger partial charge in [-0.3, -0.25) is 14.2 Å². The van der Waals surface area contributed by atoms with Crippen LogP contribution in [0.15, 0.2) is 48.6 Å². The highest BCUT2D eigenvalue weighted by atomic mass is 31.2. The predicted octanol–water partition coefficient (Wildman–Crippen LogP) is 11.7. The number of ether oxygens (including phenoxy) is 2. The summed E-state index contributed by atoms with van der Waals surface area (Å²) in [4.78, 5) is 37.5. The molecule has 0 fully saturated rings. The Bertz CT molecular complexity index is 1080. The molecule has 320 valence electrons. The van der Waals surface area contributed by atoms with Crippen LogP contribution in [-0.2, 0) is 32.7 Å². The van der Waals surface area contributed by atoms with Crippen molar-refractivity contribution in [3.63, 3.8) is 0 Å². The molecule has 0 bridgehead atoms. The monoisotopic (exact) mass is 796 g/mol. The topological polar surface area (TPSA) is 111 Å². The Balaban J connectivity index is 4.45. The van der Waals surface area contributed by atoms with E-state index in [1.807, 2.05) is 21.1 Å². The average molecular weight is 796 g/mol. The number of esters is 2. The Labute approximate surface area is 337 Å². The fourth-order valence-electron chi connectivity index (χ4n) is 5.60. The van der Waals surface area contributed by atoms with E-state index in [0.717, 1.165) is 64.2 Å². The number of likely N-dealkylation sites (N-methyl/N-ethyl adjacent to an activating group) is 1. The lowest BCUT2D eigenvalue weighted by atomic mass is 10.1. The van der Waals surface area contributed by atoms with Gasteiger partial charge in [-0.1, -0.05) is 133 Å². The van der Waals surface area contributed by atoms with Crippen LogP contribution in [0, 0.1) is 0 Å². The molecule has 0 saturated carbocycles. The smallest absolute Gasteiger partial charge is 0.306 e. The Hall–Kier alpha value is -2.03. The van der Waals surface area contributed by atoms with E-state index in [0.29, 0.717) is 23.9 Å². The number of hydrogen-bond acceptors (Lipinski definition) is 8. The standard InChI is InChI=1S/C45H82NO8P/c1-6-8-10-12-14-16-18-20-22-24-26-28-30-32-34-36-38-45(48)54-43(42-53-55(49,50)52-40-39-46(3,4)5)41-51-44(47)37-35-33-31-29-27-25-23-21-19-17-15-13-11-9-7-2/h15,17,21-24,27,29,43H,6-14,16,18-20,25-26,28,30-42H2,1-5H3/b17-15-,23-21-,24-22-,29-27-/t43-/m1/s1. The largest absolute Gasteiger partial charge is 0.756 e. The first-order valence-corrected chi connectivity index (χ1v) is 23.3. The highest BCUT2D eigenvalue weighted by Crippen LogP contribution is 2.38. The Morgan fingerprint density at radius 2 is 0.982 bits per heavy atom. The lowest BCUT2D eigenvalue weighted by molar-refractivity contribution is -0.870. The minimum Gasteiger partial charge on any atom is -0.756 e. The third kappa shape index (κ3) is 41.4. The molecule has 0 radical (unpaired) electrons. The maximum Gasteiger partial charge on any atom is 0.306 e. The van der Waals surface area contributed by atoms with Gasteiger partial charge in [0.1, 0.15) is 19.8 Å². The second-order valence-corrected chi connectivity index (χ2v) is 17.1. The van der Waals surface area contributed by atoms with E-state index >= 15 is 0 Å². The molecule has 0 aromatic heterocycles. The van der Waals surface area contributed by atoms with Crippen molar-refractivity contribution in [3.8, 4) is 0 Å². The van der Waals surface area contributed by atoms with Gasteiger partial charge in [0, 0.05) is 12.8 Å². The van der Waals surface area contributed by atoms with E-state index in [1.165, 1.54) is 70.6 Å². The number of quaternary nitrogens is 1. The summed E-state index contributed by atoms with van der Waals surface area (Å²) >= 11 is 0. The molecule has 0 amide bonds. The van der Waals surface area contributed by atoms with Crippen molar-refractivity contribution in [1.82, 2.24) is 0 Å². The molecule has 9 nitrogen and oxygen atoms in total. The predicted molar refractivity (Wildman–Crippen MR) is 227 cm³/mol. The number of phosphoric ester groups is 1. The van der Waals surface area contributed by atoms with Gasteiger partial charge in [0.15, 0.2) is 6.10 Å². The van der Waals surface area contributed by atoms with Gasteiger partial charge in [-0.05, 0) is 77.0 Å². The molecule has 0 aliphatic rings. The Kier molecular flexibility index (Phi) is 36.2. The van der Waals surface area contributed by atoms with E-state index in [-0.39, 0.29) is 26.1 Å². The van der Waals surface area contributed by atoms with E-state index < -0.39 is 32.5 Å². The lowest BCUT2D eigenvalue weighted by Crippen LogP contribution is -2.37. The van der Waals surface area contributed by atoms with Crippen molar-refractivity contribution in [2.75, 3.05) is 47.5 Å². The summed E-state index contributed by atoms with van der Waals surface area (Å²) in [5, 5.41) is 0. The summed E-state index contributed by atoms with van der Waals surface area (Å²) in [6, 6.07) is 0. The Morgan fingerprint density at radius 3 is 1.55 bits per heavy atom. The van der Waals surface area contributed by atoms with Gasteiger partial charge in [0.05, 0.1) is 27.7 Å². The number of rotatable bonds is 39. The molecule has 55 heavy (non-hydrogen) atoms. The number of phosphoric acid groups is 1. The number of unbranched alkanes of at least 4 members (excludes halogenated alkanes) is 17. The zero-order valence-electron chi connectivity index (χ0n) is 35.9. The molecule has 0 aromatic carbocycles. The van der Waals surface area contributed by atoms with Crippen molar-refractivity contribution in [2.45, 2.75) is 180 Å². The maximum atomic E-state index is 12.7. The van der Waals surface area contributed by atoms with Crippen molar-refractivity contribution in [3.05, 3.63) is 48.6 Å². The molecule has 0 rings (SSSR count). The van der Waals surface area contributed by atoms with Crippen molar-refractivity contribution < 1.29 is 42.1 Å². The fraction of sp³-hybridized carbons (Fsp3) is 0.778. The molecular formula is C45H82NO8P. The summed E-state index contributed by atoms with van der Waals surface area (Å²) in [7, 11) is 1.13. The summed E-state index contributed by atoms with van der Waals surface area (Å²) in [5.74, 6) is -0.891. The van der Waals surface area contributed by atoms with Crippen molar-refractivity contribution in [1.29, 1.82) is 0 Å². The SMILES string of the molecule is CCCCC/C=C\C/C=C\C/C=C\CCCCC(=O)OC[C@H](COP(=O)([O-])OCC[N+](C)(C)C)OC(=O)CCCCCCC/C=C\CCCCCCCCC. The second kappa shape index (κ2) is 37.5. The van der Waals surface area contributed by atoms with Crippen LogP contribution in [0.4, 0.5) is 0 Å². The fourth-order valence-corrected chi connectivity index (χ4v) is 6.32. The quantitative estimate of drug-likeness (QED) is 0.0199. The molecule has 0 aliphatic carbocycles. The number of nitrogens with zero attached hydrogens (tertiary/aromatic N) is 1. The van der Waals surface area contributed by atoms with Crippen LogP contribution in [0.25, 0.3) is 0 Å². The zero-order chi connectivity index (χ0) is 40.7. The van der Waals surface area contributed by atoms with Gasteiger partial charge < -0.3 is 27.9 Å². The van der Waals surface area contributed by atoms with E-state index in [9.17, 15) is 19.0 Å². The van der Waals surface area contributed by atoms with Crippen LogP contribution >= 0.6 is 7.82 Å². The average Bonchev–Trinajstić information content (AvgIpc) is 3.13. The molecule has 0 spiro atoms. The minimum absolute atomic E-state index is 0.0397. The summed E-state index contributed by atoms with van der Waals surface area (Å²) in [6.45, 7) is 4.13. The molecule has 0 aromatic rings. The van der Waals surface area contributed by atoms with Gasteiger partial charge in [-0.25, -0.2) is 0 Å². The van der Waals surface area contributed by atoms with Crippen LogP contribution < -0.4 is 4.89 Å². The van der Waals surface area contributed by atoms with Crippen LogP contribution in [0.2, 0.25) is 0 Å². The number of carbonyl (C=O) groups excluding carboxylic acids is 2. The molecule has 0 heterocycles. The van der Waals surface area contributed by atoms with E-state index in [4.69, 9.17) is 18.5 Å². The Morgan fingerprint density at radius 1 is 0.564 bits per heavy atom. The lowest BCUT2D eigenvalue weighted by Gasteiger charge is -2.28. The molecular weight excluding hydrogens is 713 g/mol. The summed E-state index contributed by atoms with van der Waals surface area (Å²) < 4.78 is 33.8. The third-order valence-corrected chi connectivity index (χ3v) is 10.0. The first kappa shape index (κ1) is 53.0. The number of hydrogen-bond donors (Lipinski definition) is 0. The van der Waals surface area contributed by atoms with Gasteiger partial charge in [0.2, 0.25) is 0 Å². The van der Waals surface area contributed by atoms with Crippen LogP contribution in [0.5, 0.6) is 0 Å². The highest BCUT2D eigenvalue weighted by Gasteiger charge is 2.21. The molecule has 10 heteroatoms. The number of carbonyl (C=O) groups is 2. The van der Waals surface area contributed by atoms with Gasteiger partial charge in [-0.2, -0.15) is 0 Å². The maximum absolute atomic E-state index is 12.7. The van der Waals surface area contributed by atoms with Gasteiger partial charge >= 0.3 is 11.9 Å². The van der Waals surface area contributed by atoms with Crippen LogP contribution in [0.1, 0.15) is 174 Å². The van der Waals surface area contributed by atoms with E-state index in [1.54, 1.807) is 0 Å². The molecule has 0 N–H and O–H groups in total. The summed E-state index contributed by atoms with van der Waals surface area (Å²) in [5.41, 5.74) is 0. The molecule has 0 saturated heterocycles. The van der Waals surface area contributed by atoms with E-state index in [2.05, 4.69) is 62.5 Å². The first-order valence-electron chi connectivity index (χ1n) is 21.8. The second-order valence-electron chi connectivity index (χ2n) is 15.7. The minimum atomic E-state index is -4.63. The first-order chi connectivity index (χ1) is 26.5. The van der Waals surface area contributed by atoms with Crippen molar-refractivity contribution in [2.24, 2.45) is 0 Å². The third-order valence-electron chi connectivity index (χ3n) is 9.07. The normalized spacial score (nSPS) is 14.1. The zero-order valence-corrected chi connectivity index (χ0v) is 36.8. The molecule has 0 aliphatic heterocycles. The van der Waals surface area contributed by atoms with Crippen LogP contribution in [-0.4, -0.2) is 70.0 Å². The van der Waals surface area contributed by atoms with Crippen molar-refractivity contribution >= 4 is 19.8 Å². The molecule has 2 atom stereocenters.